The maximum atomic E-state index is 13.5. The van der Waals surface area contributed by atoms with Crippen LogP contribution < -0.4 is 15.5 Å². The van der Waals surface area contributed by atoms with Gasteiger partial charge in [-0.25, -0.2) is 0 Å². The minimum Gasteiger partial charge on any atom is -0.363 e. The summed E-state index contributed by atoms with van der Waals surface area (Å²) in [7, 11) is 0. The Balaban J connectivity index is 1.66. The number of carbonyl (C=O) groups is 2. The van der Waals surface area contributed by atoms with E-state index in [9.17, 15) is 9.59 Å². The summed E-state index contributed by atoms with van der Waals surface area (Å²) in [5, 5.41) is 6.93. The highest BCUT2D eigenvalue weighted by Crippen LogP contribution is 2.54. The predicted molar refractivity (Wildman–Crippen MR) is 105 cm³/mol. The Bertz CT molecular complexity index is 1100. The van der Waals surface area contributed by atoms with Gasteiger partial charge in [0.15, 0.2) is 11.3 Å². The molecule has 2 amide bonds. The van der Waals surface area contributed by atoms with E-state index in [0.29, 0.717) is 34.8 Å². The Kier molecular flexibility index (Phi) is 2.97. The molecule has 2 bridgehead atoms. The molecule has 1 saturated heterocycles. The van der Waals surface area contributed by atoms with E-state index < -0.39 is 17.4 Å². The predicted octanol–water partition coefficient (Wildman–Crippen LogP) is 3.39. The van der Waals surface area contributed by atoms with Crippen molar-refractivity contribution in [1.29, 1.82) is 0 Å². The van der Waals surface area contributed by atoms with E-state index >= 15 is 0 Å². The molecule has 6 nitrogen and oxygen atoms in total. The van der Waals surface area contributed by atoms with Gasteiger partial charge in [0, 0.05) is 23.4 Å². The quantitative estimate of drug-likeness (QED) is 0.673. The van der Waals surface area contributed by atoms with Crippen LogP contribution in [-0.4, -0.2) is 23.6 Å². The van der Waals surface area contributed by atoms with Gasteiger partial charge in [0.05, 0.1) is 17.1 Å². The molecule has 4 aliphatic rings. The second kappa shape index (κ2) is 5.16. The van der Waals surface area contributed by atoms with E-state index in [2.05, 4.69) is 10.6 Å². The van der Waals surface area contributed by atoms with E-state index in [4.69, 9.17) is 16.3 Å². The van der Waals surface area contributed by atoms with Gasteiger partial charge >= 0.3 is 0 Å². The second-order valence-electron chi connectivity index (χ2n) is 7.57. The first-order valence-electron chi connectivity index (χ1n) is 9.22. The molecule has 0 aliphatic carbocycles. The van der Waals surface area contributed by atoms with Gasteiger partial charge in [0.2, 0.25) is 5.91 Å². The van der Waals surface area contributed by atoms with Gasteiger partial charge in [-0.1, -0.05) is 29.8 Å². The number of amides is 2. The number of hydrogen-bond donors (Lipinski definition) is 2. The number of nitrogens with zero attached hydrogens (tertiary/aromatic N) is 1. The maximum Gasteiger partial charge on any atom is 0.257 e. The van der Waals surface area contributed by atoms with Crippen LogP contribution in [0.5, 0.6) is 0 Å². The molecular formula is C21H16ClN3O3. The van der Waals surface area contributed by atoms with Gasteiger partial charge in [-0.15, -0.1) is 0 Å². The first-order chi connectivity index (χ1) is 13.5. The van der Waals surface area contributed by atoms with E-state index in [0.717, 1.165) is 5.69 Å². The SMILES string of the molecule is O=C1CCC23C=CC(O2)C2(Nc4ccccc4NC2=O)c2cc(Cl)ccc2N13. The molecule has 4 aliphatic heterocycles. The second-order valence-corrected chi connectivity index (χ2v) is 8.00. The minimum absolute atomic E-state index is 0.0254. The lowest BCUT2D eigenvalue weighted by atomic mass is 9.80. The number of carbonyl (C=O) groups excluding carboxylic acids is 2. The van der Waals surface area contributed by atoms with Crippen molar-refractivity contribution in [3.63, 3.8) is 0 Å². The number of para-hydroxylation sites is 2. The molecule has 0 aromatic heterocycles. The van der Waals surface area contributed by atoms with Crippen LogP contribution in [0, 0.1) is 0 Å². The molecule has 3 atom stereocenters. The molecule has 0 saturated carbocycles. The molecule has 2 spiro atoms. The van der Waals surface area contributed by atoms with Gasteiger partial charge in [-0.05, 0) is 36.4 Å². The van der Waals surface area contributed by atoms with Crippen molar-refractivity contribution < 1.29 is 14.3 Å². The average molecular weight is 394 g/mol. The van der Waals surface area contributed by atoms with Crippen molar-refractivity contribution in [1.82, 2.24) is 0 Å². The molecule has 2 N–H and O–H groups in total. The van der Waals surface area contributed by atoms with Crippen LogP contribution >= 0.6 is 11.6 Å². The number of nitrogens with one attached hydrogen (secondary N) is 2. The fourth-order valence-corrected chi connectivity index (χ4v) is 5.02. The number of benzene rings is 2. The number of ether oxygens (including phenoxy) is 1. The highest BCUT2D eigenvalue weighted by Gasteiger charge is 2.62. The molecule has 28 heavy (non-hydrogen) atoms. The van der Waals surface area contributed by atoms with Crippen LogP contribution in [0.1, 0.15) is 18.4 Å². The summed E-state index contributed by atoms with van der Waals surface area (Å²) in [6.45, 7) is 0. The number of rotatable bonds is 0. The van der Waals surface area contributed by atoms with Crippen molar-refractivity contribution in [3.05, 3.63) is 65.2 Å². The molecule has 7 heteroatoms. The van der Waals surface area contributed by atoms with E-state index in [1.165, 1.54) is 0 Å². The van der Waals surface area contributed by atoms with Crippen LogP contribution in [0.4, 0.5) is 17.1 Å². The van der Waals surface area contributed by atoms with Crippen LogP contribution in [0.15, 0.2) is 54.6 Å². The van der Waals surface area contributed by atoms with Gasteiger partial charge in [-0.2, -0.15) is 0 Å². The Morgan fingerprint density at radius 1 is 1.14 bits per heavy atom. The van der Waals surface area contributed by atoms with E-state index in [1.54, 1.807) is 23.1 Å². The van der Waals surface area contributed by atoms with Crippen LogP contribution in [0.2, 0.25) is 5.02 Å². The van der Waals surface area contributed by atoms with Crippen molar-refractivity contribution in [2.24, 2.45) is 0 Å². The third-order valence-electron chi connectivity index (χ3n) is 6.10. The number of anilines is 3. The zero-order valence-electron chi connectivity index (χ0n) is 14.7. The molecular weight excluding hydrogens is 378 g/mol. The number of halogens is 1. The molecule has 6 rings (SSSR count). The number of fused-ring (bicyclic) bond motifs is 6. The number of hydrogen-bond acceptors (Lipinski definition) is 4. The summed E-state index contributed by atoms with van der Waals surface area (Å²) in [6.07, 6.45) is 4.16. The smallest absolute Gasteiger partial charge is 0.257 e. The molecule has 2 aromatic rings. The zero-order chi connectivity index (χ0) is 19.1. The topological polar surface area (TPSA) is 70.7 Å². The zero-order valence-corrected chi connectivity index (χ0v) is 15.5. The van der Waals surface area contributed by atoms with Gasteiger partial charge in [0.25, 0.3) is 5.91 Å². The fourth-order valence-electron chi connectivity index (χ4n) is 4.85. The third kappa shape index (κ3) is 1.82. The molecule has 1 fully saturated rings. The Labute approximate surface area is 166 Å². The monoisotopic (exact) mass is 393 g/mol. The van der Waals surface area contributed by atoms with Crippen molar-refractivity contribution in [2.45, 2.75) is 30.2 Å². The summed E-state index contributed by atoms with van der Waals surface area (Å²) in [5.41, 5.74) is 0.698. The molecule has 140 valence electrons. The van der Waals surface area contributed by atoms with Crippen LogP contribution in [-0.2, 0) is 19.9 Å². The van der Waals surface area contributed by atoms with Gasteiger partial charge < -0.3 is 15.4 Å². The molecule has 2 aromatic carbocycles. The van der Waals surface area contributed by atoms with Crippen molar-refractivity contribution in [3.8, 4) is 0 Å². The summed E-state index contributed by atoms with van der Waals surface area (Å²) >= 11 is 6.34. The Hall–Kier alpha value is -2.83. The standard InChI is InChI=1S/C21H16ClN3O3/c22-12-5-6-16-13(11-12)21(19(27)23-14-3-1-2-4-15(14)24-21)17-7-9-20(28-17)10-8-18(26)25(16)20/h1-7,9,11,17,24H,8,10H2,(H,23,27). The molecule has 3 unspecified atom stereocenters. The Morgan fingerprint density at radius 3 is 2.82 bits per heavy atom. The summed E-state index contributed by atoms with van der Waals surface area (Å²) in [5.74, 6) is -0.266. The molecule has 4 heterocycles. The lowest BCUT2D eigenvalue weighted by Crippen LogP contribution is -2.57. The lowest BCUT2D eigenvalue weighted by molar-refractivity contribution is -0.127. The van der Waals surface area contributed by atoms with Gasteiger partial charge in [0.1, 0.15) is 6.10 Å². The van der Waals surface area contributed by atoms with Gasteiger partial charge in [-0.3, -0.25) is 14.5 Å². The molecule has 0 radical (unpaired) electrons. The minimum atomic E-state index is -1.24. The van der Waals surface area contributed by atoms with Crippen molar-refractivity contribution >= 4 is 40.5 Å². The summed E-state index contributed by atoms with van der Waals surface area (Å²) in [4.78, 5) is 28.0. The summed E-state index contributed by atoms with van der Waals surface area (Å²) in [6, 6.07) is 12.8. The largest absolute Gasteiger partial charge is 0.363 e. The third-order valence-corrected chi connectivity index (χ3v) is 6.34. The normalized spacial score (nSPS) is 31.8. The van der Waals surface area contributed by atoms with Crippen molar-refractivity contribution in [2.75, 3.05) is 15.5 Å². The maximum absolute atomic E-state index is 13.5. The van der Waals surface area contributed by atoms with E-state index in [-0.39, 0.29) is 11.8 Å². The summed E-state index contributed by atoms with van der Waals surface area (Å²) < 4.78 is 6.43. The van der Waals surface area contributed by atoms with Crippen LogP contribution in [0.3, 0.4) is 0 Å². The van der Waals surface area contributed by atoms with Crippen LogP contribution in [0.25, 0.3) is 0 Å². The highest BCUT2D eigenvalue weighted by molar-refractivity contribution is 6.31. The first kappa shape index (κ1) is 16.2. The van der Waals surface area contributed by atoms with E-state index in [1.807, 2.05) is 36.4 Å². The lowest BCUT2D eigenvalue weighted by Gasteiger charge is -2.41. The highest BCUT2D eigenvalue weighted by atomic mass is 35.5. The Morgan fingerprint density at radius 2 is 1.96 bits per heavy atom. The average Bonchev–Trinajstić information content (AvgIpc) is 3.23. The fraction of sp³-hybridized carbons (Fsp3) is 0.238. The first-order valence-corrected chi connectivity index (χ1v) is 9.60.